The van der Waals surface area contributed by atoms with E-state index in [2.05, 4.69) is 19.2 Å². The normalized spacial score (nSPS) is 13.8. The van der Waals surface area contributed by atoms with E-state index in [-0.39, 0.29) is 19.1 Å². The topological polar surface area (TPSA) is 108 Å². The third-order valence-corrected chi connectivity index (χ3v) is 16.0. The van der Waals surface area contributed by atoms with E-state index >= 15 is 0 Å². The van der Waals surface area contributed by atoms with Crippen LogP contribution in [0.1, 0.15) is 335 Å². The number of carbonyl (C=O) groups excluding carboxylic acids is 1. The maximum atomic E-state index is 13.0. The summed E-state index contributed by atoms with van der Waals surface area (Å²) < 4.78 is 23.4. The van der Waals surface area contributed by atoms with Gasteiger partial charge >= 0.3 is 0 Å². The van der Waals surface area contributed by atoms with Crippen LogP contribution in [0.25, 0.3) is 0 Å². The Bertz CT molecular complexity index is 1180. The lowest BCUT2D eigenvalue weighted by Gasteiger charge is -2.29. The summed E-state index contributed by atoms with van der Waals surface area (Å²) in [6, 6.07) is -0.883. The Hall–Kier alpha value is -0.760. The number of hydrogen-bond acceptors (Lipinski definition) is 6. The molecule has 3 atom stereocenters. The van der Waals surface area contributed by atoms with E-state index < -0.39 is 20.0 Å². The third-order valence-electron chi connectivity index (χ3n) is 15.0. The summed E-state index contributed by atoms with van der Waals surface area (Å²) in [6.45, 7) is 4.72. The van der Waals surface area contributed by atoms with E-state index in [0.717, 1.165) is 38.5 Å². The molecule has 3 unspecified atom stereocenters. The highest BCUT2D eigenvalue weighted by molar-refractivity contribution is 7.45. The van der Waals surface area contributed by atoms with Crippen LogP contribution in [0.15, 0.2) is 12.2 Å². The van der Waals surface area contributed by atoms with Crippen molar-refractivity contribution in [2.45, 2.75) is 347 Å². The molecule has 430 valence electrons. The summed E-state index contributed by atoms with van der Waals surface area (Å²) >= 11 is 0. The zero-order chi connectivity index (χ0) is 52.7. The van der Waals surface area contributed by atoms with Gasteiger partial charge in [0.2, 0.25) is 5.91 Å². The first kappa shape index (κ1) is 71.2. The number of aliphatic hydroxyl groups excluding tert-OH is 1. The number of rotatable bonds is 60. The van der Waals surface area contributed by atoms with Crippen molar-refractivity contribution in [3.05, 3.63) is 12.2 Å². The van der Waals surface area contributed by atoms with Crippen LogP contribution in [0.4, 0.5) is 0 Å². The number of amides is 1. The maximum absolute atomic E-state index is 13.0. The molecule has 9 heteroatoms. The number of phosphoric acid groups is 1. The minimum Gasteiger partial charge on any atom is -0.756 e. The molecule has 72 heavy (non-hydrogen) atoms. The van der Waals surface area contributed by atoms with Crippen LogP contribution in [0.5, 0.6) is 0 Å². The molecule has 0 aromatic heterocycles. The number of likely N-dealkylation sites (N-methyl/N-ethyl adjacent to an activating group) is 1. The van der Waals surface area contributed by atoms with Crippen molar-refractivity contribution in [3.8, 4) is 0 Å². The van der Waals surface area contributed by atoms with Crippen molar-refractivity contribution in [1.82, 2.24) is 5.32 Å². The summed E-state index contributed by atoms with van der Waals surface area (Å²) in [5.74, 6) is -0.188. The molecular formula is C63H127N2O6P. The quantitative estimate of drug-likeness (QED) is 0.0272. The predicted octanol–water partition coefficient (Wildman–Crippen LogP) is 19.1. The molecule has 0 aliphatic rings. The van der Waals surface area contributed by atoms with Gasteiger partial charge in [0.05, 0.1) is 39.9 Å². The highest BCUT2D eigenvalue weighted by atomic mass is 31.2. The molecular weight excluding hydrogens is 912 g/mol. The van der Waals surface area contributed by atoms with Gasteiger partial charge in [0.1, 0.15) is 13.2 Å². The Morgan fingerprint density at radius 1 is 0.472 bits per heavy atom. The first-order chi connectivity index (χ1) is 35.0. The average molecular weight is 1040 g/mol. The number of carbonyl (C=O) groups is 1. The van der Waals surface area contributed by atoms with Crippen molar-refractivity contribution in [1.29, 1.82) is 0 Å². The molecule has 0 aromatic rings. The molecule has 2 N–H and O–H groups in total. The molecule has 0 aromatic carbocycles. The summed E-state index contributed by atoms with van der Waals surface area (Å²) in [5, 5.41) is 13.9. The number of phosphoric ester groups is 1. The Balaban J connectivity index is 4.10. The van der Waals surface area contributed by atoms with Gasteiger partial charge in [0, 0.05) is 6.42 Å². The number of quaternary nitrogens is 1. The number of allylic oxidation sites excluding steroid dienone is 1. The van der Waals surface area contributed by atoms with Gasteiger partial charge in [-0.05, 0) is 19.3 Å². The highest BCUT2D eigenvalue weighted by Gasteiger charge is 2.23. The van der Waals surface area contributed by atoms with Gasteiger partial charge < -0.3 is 28.8 Å². The van der Waals surface area contributed by atoms with E-state index in [1.807, 2.05) is 27.2 Å². The second-order valence-electron chi connectivity index (χ2n) is 23.5. The lowest BCUT2D eigenvalue weighted by Crippen LogP contribution is -2.45. The fourth-order valence-electron chi connectivity index (χ4n) is 9.98. The monoisotopic (exact) mass is 1040 g/mol. The molecule has 0 aliphatic carbocycles. The Morgan fingerprint density at radius 2 is 0.750 bits per heavy atom. The predicted molar refractivity (Wildman–Crippen MR) is 312 cm³/mol. The molecule has 0 heterocycles. The van der Waals surface area contributed by atoms with E-state index in [1.165, 1.54) is 276 Å². The van der Waals surface area contributed by atoms with Crippen LogP contribution in [0.3, 0.4) is 0 Å². The fraction of sp³-hybridized carbons (Fsp3) is 0.952. The lowest BCUT2D eigenvalue weighted by atomic mass is 10.0. The van der Waals surface area contributed by atoms with E-state index in [1.54, 1.807) is 6.08 Å². The highest BCUT2D eigenvalue weighted by Crippen LogP contribution is 2.38. The summed E-state index contributed by atoms with van der Waals surface area (Å²) in [6.07, 6.45) is 68.8. The zero-order valence-corrected chi connectivity index (χ0v) is 50.1. The minimum atomic E-state index is -4.60. The van der Waals surface area contributed by atoms with Crippen LogP contribution in [-0.4, -0.2) is 68.5 Å². The van der Waals surface area contributed by atoms with Gasteiger partial charge in [-0.2, -0.15) is 0 Å². The van der Waals surface area contributed by atoms with Gasteiger partial charge in [-0.25, -0.2) is 0 Å². The fourth-order valence-corrected chi connectivity index (χ4v) is 10.7. The van der Waals surface area contributed by atoms with E-state index in [4.69, 9.17) is 9.05 Å². The lowest BCUT2D eigenvalue weighted by molar-refractivity contribution is -0.870. The molecule has 0 aliphatic heterocycles. The van der Waals surface area contributed by atoms with Gasteiger partial charge in [0.15, 0.2) is 0 Å². The van der Waals surface area contributed by atoms with Crippen molar-refractivity contribution < 1.29 is 32.9 Å². The minimum absolute atomic E-state index is 0.00289. The largest absolute Gasteiger partial charge is 0.756 e. The first-order valence-electron chi connectivity index (χ1n) is 32.1. The van der Waals surface area contributed by atoms with E-state index in [0.29, 0.717) is 17.4 Å². The van der Waals surface area contributed by atoms with Gasteiger partial charge in [-0.3, -0.25) is 9.36 Å². The van der Waals surface area contributed by atoms with Crippen molar-refractivity contribution in [2.24, 2.45) is 0 Å². The summed E-state index contributed by atoms with van der Waals surface area (Å²) in [7, 11) is 1.28. The molecule has 0 radical (unpaired) electrons. The zero-order valence-electron chi connectivity index (χ0n) is 49.2. The molecule has 0 saturated heterocycles. The average Bonchev–Trinajstić information content (AvgIpc) is 3.34. The maximum Gasteiger partial charge on any atom is 0.268 e. The number of hydrogen-bond donors (Lipinski definition) is 2. The number of nitrogens with zero attached hydrogens (tertiary/aromatic N) is 1. The second kappa shape index (κ2) is 55.0. The van der Waals surface area contributed by atoms with Crippen LogP contribution < -0.4 is 10.2 Å². The second-order valence-corrected chi connectivity index (χ2v) is 24.9. The van der Waals surface area contributed by atoms with Crippen molar-refractivity contribution in [3.63, 3.8) is 0 Å². The van der Waals surface area contributed by atoms with Crippen molar-refractivity contribution in [2.75, 3.05) is 40.9 Å². The standard InChI is InChI=1S/C63H127N2O6P/c1-6-8-10-12-14-16-18-20-22-24-26-28-30-31-32-33-35-36-38-40-42-44-46-48-50-52-54-56-62(66)61(60-71-72(68,69)70-59-58-65(3,4)5)64-63(67)57-55-53-51-49-47-45-43-41-39-37-34-29-27-25-23-21-19-17-15-13-11-9-7-2/h54,56,61-62,66H,6-53,55,57-60H2,1-5H3,(H-,64,67,68,69)/b56-54+. The number of aliphatic hydroxyl groups is 1. The Labute approximate surface area is 450 Å². The molecule has 0 rings (SSSR count). The van der Waals surface area contributed by atoms with Gasteiger partial charge in [0.25, 0.3) is 7.82 Å². The molecule has 0 saturated carbocycles. The number of unbranched alkanes of at least 4 members (excludes halogenated alkanes) is 47. The summed E-state index contributed by atoms with van der Waals surface area (Å²) in [4.78, 5) is 25.6. The van der Waals surface area contributed by atoms with Crippen LogP contribution in [0.2, 0.25) is 0 Å². The van der Waals surface area contributed by atoms with Crippen LogP contribution in [-0.2, 0) is 18.4 Å². The molecule has 1 amide bonds. The van der Waals surface area contributed by atoms with Crippen LogP contribution in [0, 0.1) is 0 Å². The first-order valence-corrected chi connectivity index (χ1v) is 33.5. The van der Waals surface area contributed by atoms with Gasteiger partial charge in [-0.1, -0.05) is 321 Å². The Kier molecular flexibility index (Phi) is 54.4. The summed E-state index contributed by atoms with van der Waals surface area (Å²) in [5.41, 5.74) is 0. The molecule has 0 spiro atoms. The SMILES string of the molecule is CCCCCCCCCCCCCCCCCCCCCCCCCCC/C=C/C(O)C(COP(=O)([O-])OCC[N+](C)(C)C)NC(=O)CCCCCCCCCCCCCCCCCCCCCCCCC. The van der Waals surface area contributed by atoms with Crippen molar-refractivity contribution >= 4 is 13.7 Å². The molecule has 8 nitrogen and oxygen atoms in total. The molecule has 0 fully saturated rings. The Morgan fingerprint density at radius 3 is 1.04 bits per heavy atom. The van der Waals surface area contributed by atoms with Gasteiger partial charge in [-0.15, -0.1) is 0 Å². The molecule has 0 bridgehead atoms. The smallest absolute Gasteiger partial charge is 0.268 e. The third kappa shape index (κ3) is 57.0. The number of nitrogens with one attached hydrogen (secondary N) is 1. The van der Waals surface area contributed by atoms with Crippen LogP contribution >= 0.6 is 7.82 Å². The van der Waals surface area contributed by atoms with E-state index in [9.17, 15) is 19.4 Å².